The van der Waals surface area contributed by atoms with E-state index in [2.05, 4.69) is 19.2 Å². The number of amides is 1. The van der Waals surface area contributed by atoms with Gasteiger partial charge in [-0.2, -0.15) is 0 Å². The van der Waals surface area contributed by atoms with E-state index in [1.54, 1.807) is 7.05 Å². The van der Waals surface area contributed by atoms with Crippen LogP contribution in [0, 0.1) is 5.41 Å². The average Bonchev–Trinajstić information content (AvgIpc) is 2.68. The van der Waals surface area contributed by atoms with Gasteiger partial charge in [-0.05, 0) is 37.2 Å². The van der Waals surface area contributed by atoms with Crippen molar-refractivity contribution in [3.8, 4) is 0 Å². The van der Waals surface area contributed by atoms with E-state index in [1.165, 1.54) is 10.6 Å². The fourth-order valence-corrected chi connectivity index (χ4v) is 3.04. The summed E-state index contributed by atoms with van der Waals surface area (Å²) in [6.07, 6.45) is 3.33. The topological polar surface area (TPSA) is 54.3 Å². The van der Waals surface area contributed by atoms with Crippen LogP contribution in [0.4, 0.5) is 0 Å². The Morgan fingerprint density at radius 3 is 2.38 bits per heavy atom. The van der Waals surface area contributed by atoms with Crippen molar-refractivity contribution >= 4 is 29.1 Å². The minimum atomic E-state index is -0.816. The first-order valence-electron chi connectivity index (χ1n) is 7.15. The second-order valence-electron chi connectivity index (χ2n) is 6.80. The Bertz CT molecular complexity index is 542. The van der Waals surface area contributed by atoms with Crippen LogP contribution in [0.1, 0.15) is 50.0 Å². The molecule has 2 N–H and O–H groups in total. The van der Waals surface area contributed by atoms with Crippen molar-refractivity contribution in [2.45, 2.75) is 45.1 Å². The zero-order valence-electron chi connectivity index (χ0n) is 12.7. The van der Waals surface area contributed by atoms with Crippen LogP contribution < -0.4 is 5.32 Å². The number of aliphatic hydroxyl groups is 1. The summed E-state index contributed by atoms with van der Waals surface area (Å²) >= 11 is 11.9. The van der Waals surface area contributed by atoms with Gasteiger partial charge in [0.25, 0.3) is 5.91 Å². The molecule has 21 heavy (non-hydrogen) atoms. The van der Waals surface area contributed by atoms with E-state index in [-0.39, 0.29) is 17.9 Å². The van der Waals surface area contributed by atoms with Crippen LogP contribution in [-0.2, 0) is 7.05 Å². The molecule has 1 amide bonds. The molecule has 0 radical (unpaired) electrons. The fraction of sp³-hybridized carbons (Fsp3) is 0.667. The Morgan fingerprint density at radius 2 is 1.90 bits per heavy atom. The number of hydrogen-bond acceptors (Lipinski definition) is 2. The predicted octanol–water partition coefficient (Wildman–Crippen LogP) is 3.39. The maximum absolute atomic E-state index is 12.2. The Morgan fingerprint density at radius 1 is 1.33 bits per heavy atom. The van der Waals surface area contributed by atoms with Crippen molar-refractivity contribution in [2.24, 2.45) is 12.5 Å². The summed E-state index contributed by atoms with van der Waals surface area (Å²) in [5, 5.41) is 14.0. The molecule has 1 heterocycles. The number of hydrogen-bond donors (Lipinski definition) is 2. The molecule has 0 atom stereocenters. The molecule has 0 aromatic carbocycles. The summed E-state index contributed by atoms with van der Waals surface area (Å²) in [4.78, 5) is 12.2. The molecular weight excluding hydrogens is 311 g/mol. The van der Waals surface area contributed by atoms with Gasteiger partial charge in [0.15, 0.2) is 0 Å². The highest BCUT2D eigenvalue weighted by molar-refractivity contribution is 6.41. The number of halogens is 2. The quantitative estimate of drug-likeness (QED) is 0.891. The van der Waals surface area contributed by atoms with Crippen molar-refractivity contribution in [2.75, 3.05) is 6.54 Å². The Labute approximate surface area is 135 Å². The van der Waals surface area contributed by atoms with Gasteiger partial charge < -0.3 is 15.0 Å². The van der Waals surface area contributed by atoms with Gasteiger partial charge in [-0.3, -0.25) is 4.79 Å². The second-order valence-corrected chi connectivity index (χ2v) is 7.56. The van der Waals surface area contributed by atoms with Gasteiger partial charge in [0.2, 0.25) is 0 Å². The van der Waals surface area contributed by atoms with E-state index in [1.807, 2.05) is 0 Å². The number of carbonyl (C=O) groups excluding carboxylic acids is 1. The lowest BCUT2D eigenvalue weighted by molar-refractivity contribution is -0.0233. The van der Waals surface area contributed by atoms with E-state index in [4.69, 9.17) is 23.2 Å². The van der Waals surface area contributed by atoms with Crippen LogP contribution in [0.2, 0.25) is 10.2 Å². The number of nitrogens with zero attached hydrogens (tertiary/aromatic N) is 1. The first-order valence-corrected chi connectivity index (χ1v) is 7.90. The lowest BCUT2D eigenvalue weighted by Crippen LogP contribution is -2.46. The Balaban J connectivity index is 1.97. The molecule has 6 heteroatoms. The molecule has 118 valence electrons. The zero-order valence-corrected chi connectivity index (χ0v) is 14.2. The second kappa shape index (κ2) is 5.82. The van der Waals surface area contributed by atoms with Crippen LogP contribution in [0.25, 0.3) is 0 Å². The summed E-state index contributed by atoms with van der Waals surface area (Å²) in [7, 11) is 1.68. The molecule has 1 fully saturated rings. The molecule has 0 spiro atoms. The molecule has 0 saturated heterocycles. The van der Waals surface area contributed by atoms with E-state index in [0.29, 0.717) is 28.7 Å². The third-order valence-corrected chi connectivity index (χ3v) is 5.30. The van der Waals surface area contributed by atoms with Crippen LogP contribution in [0.5, 0.6) is 0 Å². The largest absolute Gasteiger partial charge is 0.388 e. The van der Waals surface area contributed by atoms with Gasteiger partial charge in [-0.1, -0.05) is 37.0 Å². The van der Waals surface area contributed by atoms with Gasteiger partial charge in [0.1, 0.15) is 10.8 Å². The molecule has 1 aliphatic rings. The SMILES string of the molecule is Cn1c(C(=O)NCC2(O)CCC(C)(C)CC2)cc(Cl)c1Cl. The highest BCUT2D eigenvalue weighted by Gasteiger charge is 2.36. The normalized spacial score (nSPS) is 20.3. The molecule has 1 aromatic heterocycles. The molecule has 4 nitrogen and oxygen atoms in total. The van der Waals surface area contributed by atoms with Crippen LogP contribution in [0.3, 0.4) is 0 Å². The lowest BCUT2D eigenvalue weighted by atomic mass is 9.71. The number of aromatic nitrogens is 1. The fourth-order valence-electron chi connectivity index (χ4n) is 2.66. The summed E-state index contributed by atoms with van der Waals surface area (Å²) in [5.41, 5.74) is -0.149. The first kappa shape index (κ1) is 16.7. The molecule has 1 saturated carbocycles. The molecule has 1 aliphatic carbocycles. The van der Waals surface area contributed by atoms with Gasteiger partial charge >= 0.3 is 0 Å². The Kier molecular flexibility index (Phi) is 4.62. The first-order chi connectivity index (χ1) is 9.64. The van der Waals surface area contributed by atoms with Crippen molar-refractivity contribution in [1.29, 1.82) is 0 Å². The van der Waals surface area contributed by atoms with E-state index < -0.39 is 5.60 Å². The minimum Gasteiger partial charge on any atom is -0.388 e. The highest BCUT2D eigenvalue weighted by atomic mass is 35.5. The smallest absolute Gasteiger partial charge is 0.268 e. The maximum atomic E-state index is 12.2. The summed E-state index contributed by atoms with van der Waals surface area (Å²) < 4.78 is 1.53. The van der Waals surface area contributed by atoms with Crippen LogP contribution >= 0.6 is 23.2 Å². The summed E-state index contributed by atoms with van der Waals surface area (Å²) in [6, 6.07) is 1.53. The predicted molar refractivity (Wildman–Crippen MR) is 85.0 cm³/mol. The Hall–Kier alpha value is -0.710. The van der Waals surface area contributed by atoms with Crippen LogP contribution in [0.15, 0.2) is 6.07 Å². The van der Waals surface area contributed by atoms with E-state index in [9.17, 15) is 9.90 Å². The van der Waals surface area contributed by atoms with Crippen molar-refractivity contribution in [3.05, 3.63) is 21.9 Å². The summed E-state index contributed by atoms with van der Waals surface area (Å²) in [5.74, 6) is -0.274. The highest BCUT2D eigenvalue weighted by Crippen LogP contribution is 2.39. The van der Waals surface area contributed by atoms with Gasteiger partial charge in [-0.15, -0.1) is 0 Å². The van der Waals surface area contributed by atoms with Gasteiger partial charge in [0.05, 0.1) is 10.6 Å². The van der Waals surface area contributed by atoms with Crippen molar-refractivity contribution in [3.63, 3.8) is 0 Å². The van der Waals surface area contributed by atoms with Crippen molar-refractivity contribution in [1.82, 2.24) is 9.88 Å². The molecular formula is C15H22Cl2N2O2. The standard InChI is InChI=1S/C15H22Cl2N2O2/c1-14(2)4-6-15(21,7-5-14)9-18-13(20)11-8-10(16)12(17)19(11)3/h8,21H,4-7,9H2,1-3H3,(H,18,20). The maximum Gasteiger partial charge on any atom is 0.268 e. The third-order valence-electron chi connectivity index (χ3n) is 4.46. The minimum absolute atomic E-state index is 0.252. The van der Waals surface area contributed by atoms with Crippen LogP contribution in [-0.4, -0.2) is 27.7 Å². The average molecular weight is 333 g/mol. The molecule has 0 unspecified atom stereocenters. The number of carbonyl (C=O) groups is 1. The molecule has 1 aromatic rings. The lowest BCUT2D eigenvalue weighted by Gasteiger charge is -2.40. The molecule has 0 aliphatic heterocycles. The van der Waals surface area contributed by atoms with Gasteiger partial charge in [0, 0.05) is 13.6 Å². The van der Waals surface area contributed by atoms with E-state index in [0.717, 1.165) is 12.8 Å². The molecule has 0 bridgehead atoms. The van der Waals surface area contributed by atoms with Crippen molar-refractivity contribution < 1.29 is 9.90 Å². The molecule has 2 rings (SSSR count). The monoisotopic (exact) mass is 332 g/mol. The number of nitrogens with one attached hydrogen (secondary N) is 1. The summed E-state index contributed by atoms with van der Waals surface area (Å²) in [6.45, 7) is 4.67. The van der Waals surface area contributed by atoms with E-state index >= 15 is 0 Å². The number of rotatable bonds is 3. The zero-order chi connectivity index (χ0) is 15.8. The third kappa shape index (κ3) is 3.74. The van der Waals surface area contributed by atoms with Gasteiger partial charge in [-0.25, -0.2) is 0 Å².